The highest BCUT2D eigenvalue weighted by Crippen LogP contribution is 2.39. The summed E-state index contributed by atoms with van der Waals surface area (Å²) in [5.41, 5.74) is 1.53. The van der Waals surface area contributed by atoms with Crippen molar-refractivity contribution in [2.24, 2.45) is 0 Å². The van der Waals surface area contributed by atoms with Crippen LogP contribution in [0.3, 0.4) is 0 Å². The van der Waals surface area contributed by atoms with Gasteiger partial charge in [0.1, 0.15) is 0 Å². The predicted octanol–water partition coefficient (Wildman–Crippen LogP) is 3.84. The van der Waals surface area contributed by atoms with Crippen molar-refractivity contribution >= 4 is 0 Å². The Bertz CT molecular complexity index is 707. The summed E-state index contributed by atoms with van der Waals surface area (Å²) in [5, 5.41) is 3.26. The molecule has 0 fully saturated rings. The number of benzene rings is 2. The van der Waals surface area contributed by atoms with Crippen molar-refractivity contribution in [1.82, 2.24) is 5.32 Å². The summed E-state index contributed by atoms with van der Waals surface area (Å²) in [5.74, 6) is -0.0503. The molecule has 0 aromatic heterocycles. The van der Waals surface area contributed by atoms with Gasteiger partial charge in [-0.05, 0) is 30.7 Å². The van der Waals surface area contributed by atoms with E-state index in [1.54, 1.807) is 33.5 Å². The van der Waals surface area contributed by atoms with E-state index < -0.39 is 11.6 Å². The molecule has 1 unspecified atom stereocenters. The molecule has 2 aromatic rings. The van der Waals surface area contributed by atoms with Crippen molar-refractivity contribution in [2.45, 2.75) is 19.5 Å². The molecule has 0 bridgehead atoms. The Morgan fingerprint density at radius 2 is 1.62 bits per heavy atom. The largest absolute Gasteiger partial charge is 0.493 e. The highest BCUT2D eigenvalue weighted by molar-refractivity contribution is 5.55. The molecule has 130 valence electrons. The van der Waals surface area contributed by atoms with Crippen molar-refractivity contribution in [3.8, 4) is 17.2 Å². The first kappa shape index (κ1) is 18.0. The summed E-state index contributed by atoms with van der Waals surface area (Å²) in [6.07, 6.45) is 0. The number of nitrogens with one attached hydrogen (secondary N) is 1. The average Bonchev–Trinajstić information content (AvgIpc) is 2.60. The van der Waals surface area contributed by atoms with Gasteiger partial charge in [0.05, 0.1) is 21.3 Å². The van der Waals surface area contributed by atoms with Gasteiger partial charge in [0, 0.05) is 18.2 Å². The SMILES string of the molecule is COc1ccc(CNC(C)c2ccc(F)c(F)c2)c(OC)c1OC. The molecular formula is C18H21F2NO3. The molecule has 4 nitrogen and oxygen atoms in total. The van der Waals surface area contributed by atoms with Crippen LogP contribution in [0.15, 0.2) is 30.3 Å². The van der Waals surface area contributed by atoms with E-state index in [-0.39, 0.29) is 6.04 Å². The van der Waals surface area contributed by atoms with Crippen molar-refractivity contribution in [1.29, 1.82) is 0 Å². The van der Waals surface area contributed by atoms with E-state index >= 15 is 0 Å². The number of rotatable bonds is 7. The second-order valence-corrected chi connectivity index (χ2v) is 5.27. The molecule has 1 N–H and O–H groups in total. The summed E-state index contributed by atoms with van der Waals surface area (Å²) in [4.78, 5) is 0. The molecule has 0 aliphatic carbocycles. The number of ether oxygens (including phenoxy) is 3. The van der Waals surface area contributed by atoms with E-state index in [4.69, 9.17) is 14.2 Å². The molecule has 24 heavy (non-hydrogen) atoms. The van der Waals surface area contributed by atoms with E-state index in [0.717, 1.165) is 11.6 Å². The maximum Gasteiger partial charge on any atom is 0.203 e. The minimum Gasteiger partial charge on any atom is -0.493 e. The lowest BCUT2D eigenvalue weighted by Crippen LogP contribution is -2.19. The van der Waals surface area contributed by atoms with Gasteiger partial charge in [0.15, 0.2) is 23.1 Å². The minimum atomic E-state index is -0.857. The first-order valence-corrected chi connectivity index (χ1v) is 7.48. The van der Waals surface area contributed by atoms with E-state index in [1.807, 2.05) is 13.0 Å². The van der Waals surface area contributed by atoms with Gasteiger partial charge >= 0.3 is 0 Å². The molecule has 0 saturated heterocycles. The Morgan fingerprint density at radius 3 is 2.21 bits per heavy atom. The Kier molecular flexibility index (Phi) is 5.98. The van der Waals surface area contributed by atoms with Crippen molar-refractivity contribution in [2.75, 3.05) is 21.3 Å². The first-order chi connectivity index (χ1) is 11.5. The Balaban J connectivity index is 2.17. The molecule has 0 amide bonds. The molecule has 0 saturated carbocycles. The number of methoxy groups -OCH3 is 3. The number of hydrogen-bond acceptors (Lipinski definition) is 4. The summed E-state index contributed by atoms with van der Waals surface area (Å²) < 4.78 is 42.4. The lowest BCUT2D eigenvalue weighted by Gasteiger charge is -2.18. The van der Waals surface area contributed by atoms with Gasteiger partial charge < -0.3 is 19.5 Å². The molecule has 2 aromatic carbocycles. The number of hydrogen-bond donors (Lipinski definition) is 1. The zero-order valence-corrected chi connectivity index (χ0v) is 14.2. The molecule has 0 aliphatic heterocycles. The van der Waals surface area contributed by atoms with Crippen molar-refractivity contribution in [3.05, 3.63) is 53.1 Å². The van der Waals surface area contributed by atoms with Crippen LogP contribution in [0.2, 0.25) is 0 Å². The highest BCUT2D eigenvalue weighted by Gasteiger charge is 2.16. The third kappa shape index (κ3) is 3.76. The van der Waals surface area contributed by atoms with Crippen molar-refractivity contribution in [3.63, 3.8) is 0 Å². The fraction of sp³-hybridized carbons (Fsp3) is 0.333. The summed E-state index contributed by atoms with van der Waals surface area (Å²) in [6, 6.07) is 7.37. The van der Waals surface area contributed by atoms with Gasteiger partial charge in [-0.2, -0.15) is 0 Å². The fourth-order valence-corrected chi connectivity index (χ4v) is 2.47. The van der Waals surface area contributed by atoms with E-state index in [9.17, 15) is 8.78 Å². The molecule has 0 heterocycles. The predicted molar refractivity (Wildman–Crippen MR) is 87.7 cm³/mol. The maximum atomic E-state index is 13.4. The normalized spacial score (nSPS) is 11.9. The topological polar surface area (TPSA) is 39.7 Å². The smallest absolute Gasteiger partial charge is 0.203 e. The molecule has 1 atom stereocenters. The monoisotopic (exact) mass is 337 g/mol. The Labute approximate surface area is 140 Å². The van der Waals surface area contributed by atoms with Crippen LogP contribution in [0.5, 0.6) is 17.2 Å². The lowest BCUT2D eigenvalue weighted by atomic mass is 10.1. The summed E-state index contributed by atoms with van der Waals surface area (Å²) >= 11 is 0. The number of halogens is 2. The zero-order chi connectivity index (χ0) is 17.7. The van der Waals surface area contributed by atoms with Crippen LogP contribution in [0.1, 0.15) is 24.1 Å². The van der Waals surface area contributed by atoms with Gasteiger partial charge in [0.2, 0.25) is 5.75 Å². The van der Waals surface area contributed by atoms with Gasteiger partial charge in [-0.3, -0.25) is 0 Å². The zero-order valence-electron chi connectivity index (χ0n) is 14.2. The lowest BCUT2D eigenvalue weighted by molar-refractivity contribution is 0.321. The average molecular weight is 337 g/mol. The van der Waals surface area contributed by atoms with Crippen LogP contribution in [0.4, 0.5) is 8.78 Å². The molecule has 0 spiro atoms. The van der Waals surface area contributed by atoms with Crippen LogP contribution in [0, 0.1) is 11.6 Å². The Morgan fingerprint density at radius 1 is 0.917 bits per heavy atom. The molecular weight excluding hydrogens is 316 g/mol. The molecule has 2 rings (SSSR count). The first-order valence-electron chi connectivity index (χ1n) is 7.48. The standard InChI is InChI=1S/C18H21F2NO3/c1-11(12-5-7-14(19)15(20)9-12)21-10-13-6-8-16(22-2)18(24-4)17(13)23-3/h5-9,11,21H,10H2,1-4H3. The fourth-order valence-electron chi connectivity index (χ4n) is 2.47. The molecule has 0 radical (unpaired) electrons. The molecule has 0 aliphatic rings. The van der Waals surface area contributed by atoms with Gasteiger partial charge in [-0.1, -0.05) is 12.1 Å². The van der Waals surface area contributed by atoms with Crippen LogP contribution >= 0.6 is 0 Å². The third-order valence-electron chi connectivity index (χ3n) is 3.83. The maximum absolute atomic E-state index is 13.4. The van der Waals surface area contributed by atoms with Crippen LogP contribution in [0.25, 0.3) is 0 Å². The van der Waals surface area contributed by atoms with E-state index in [0.29, 0.717) is 29.4 Å². The third-order valence-corrected chi connectivity index (χ3v) is 3.83. The second kappa shape index (κ2) is 7.97. The Hall–Kier alpha value is -2.34. The van der Waals surface area contributed by atoms with Crippen LogP contribution in [-0.4, -0.2) is 21.3 Å². The molecule has 6 heteroatoms. The quantitative estimate of drug-likeness (QED) is 0.833. The second-order valence-electron chi connectivity index (χ2n) is 5.27. The summed E-state index contributed by atoms with van der Waals surface area (Å²) in [6.45, 7) is 2.34. The highest BCUT2D eigenvalue weighted by atomic mass is 19.2. The van der Waals surface area contributed by atoms with E-state index in [1.165, 1.54) is 6.07 Å². The van der Waals surface area contributed by atoms with Crippen LogP contribution < -0.4 is 19.5 Å². The van der Waals surface area contributed by atoms with Gasteiger partial charge in [-0.25, -0.2) is 8.78 Å². The minimum absolute atomic E-state index is 0.169. The van der Waals surface area contributed by atoms with Gasteiger partial charge in [-0.15, -0.1) is 0 Å². The van der Waals surface area contributed by atoms with Gasteiger partial charge in [0.25, 0.3) is 0 Å². The summed E-state index contributed by atoms with van der Waals surface area (Å²) in [7, 11) is 4.65. The van der Waals surface area contributed by atoms with Crippen molar-refractivity contribution < 1.29 is 23.0 Å². The van der Waals surface area contributed by atoms with E-state index in [2.05, 4.69) is 5.32 Å². The van der Waals surface area contributed by atoms with Crippen LogP contribution in [-0.2, 0) is 6.54 Å².